The number of carbonyl (C=O) groups is 1. The lowest BCUT2D eigenvalue weighted by Gasteiger charge is -2.22. The van der Waals surface area contributed by atoms with Gasteiger partial charge in [-0.05, 0) is 44.9 Å². The van der Waals surface area contributed by atoms with Crippen LogP contribution in [0.25, 0.3) is 0 Å². The van der Waals surface area contributed by atoms with Crippen molar-refractivity contribution in [3.05, 3.63) is 53.1 Å². The van der Waals surface area contributed by atoms with Gasteiger partial charge in [0, 0.05) is 45.0 Å². The molecule has 6 heteroatoms. The monoisotopic (exact) mass is 358 g/mol. The highest BCUT2D eigenvalue weighted by Crippen LogP contribution is 2.16. The van der Waals surface area contributed by atoms with E-state index in [0.717, 1.165) is 43.9 Å². The molecule has 0 bridgehead atoms. The van der Waals surface area contributed by atoms with Gasteiger partial charge in [0.1, 0.15) is 5.82 Å². The summed E-state index contributed by atoms with van der Waals surface area (Å²) in [5.41, 5.74) is 2.59. The molecule has 1 aromatic heterocycles. The van der Waals surface area contributed by atoms with Crippen LogP contribution in [-0.4, -0.2) is 51.7 Å². The molecule has 0 unspecified atom stereocenters. The molecule has 1 aliphatic rings. The van der Waals surface area contributed by atoms with E-state index in [2.05, 4.69) is 23.8 Å². The third-order valence-corrected chi connectivity index (χ3v) is 4.87. The van der Waals surface area contributed by atoms with Gasteiger partial charge in [-0.25, -0.2) is 4.39 Å². The van der Waals surface area contributed by atoms with Crippen molar-refractivity contribution in [1.29, 1.82) is 0 Å². The van der Waals surface area contributed by atoms with Gasteiger partial charge in [-0.3, -0.25) is 14.4 Å². The normalized spacial score (nSPS) is 16.1. The minimum atomic E-state index is -0.210. The maximum atomic E-state index is 13.1. The van der Waals surface area contributed by atoms with Crippen LogP contribution in [0.1, 0.15) is 47.9 Å². The molecule has 0 saturated carbocycles. The number of amides is 1. The van der Waals surface area contributed by atoms with Crippen LogP contribution in [0.2, 0.25) is 0 Å². The first-order chi connectivity index (χ1) is 12.4. The predicted molar refractivity (Wildman–Crippen MR) is 99.5 cm³/mol. The fourth-order valence-corrected chi connectivity index (χ4v) is 3.31. The lowest BCUT2D eigenvalue weighted by Crippen LogP contribution is -2.35. The molecule has 140 valence electrons. The van der Waals surface area contributed by atoms with Crippen LogP contribution in [-0.2, 0) is 6.54 Å². The lowest BCUT2D eigenvalue weighted by atomic mass is 10.2. The van der Waals surface area contributed by atoms with Crippen LogP contribution in [0.5, 0.6) is 0 Å². The average molecular weight is 358 g/mol. The zero-order chi connectivity index (χ0) is 18.7. The largest absolute Gasteiger partial charge is 0.337 e. The van der Waals surface area contributed by atoms with Crippen LogP contribution in [0.3, 0.4) is 0 Å². The highest BCUT2D eigenvalue weighted by Gasteiger charge is 2.23. The molecule has 26 heavy (non-hydrogen) atoms. The first-order valence-electron chi connectivity index (χ1n) is 9.26. The van der Waals surface area contributed by atoms with Gasteiger partial charge < -0.3 is 4.90 Å². The average Bonchev–Trinajstić information content (AvgIpc) is 2.85. The van der Waals surface area contributed by atoms with Gasteiger partial charge in [-0.2, -0.15) is 5.10 Å². The van der Waals surface area contributed by atoms with Crippen molar-refractivity contribution in [2.24, 2.45) is 0 Å². The Labute approximate surface area is 154 Å². The SMILES string of the molecule is Cc1nn(C(C)C)cc1C(=O)N1CCCN(Cc2ccc(F)cc2)CC1. The van der Waals surface area contributed by atoms with Crippen molar-refractivity contribution in [2.75, 3.05) is 26.2 Å². The second-order valence-corrected chi connectivity index (χ2v) is 7.25. The lowest BCUT2D eigenvalue weighted by molar-refractivity contribution is 0.0760. The summed E-state index contributed by atoms with van der Waals surface area (Å²) in [6.45, 7) is 10.0. The summed E-state index contributed by atoms with van der Waals surface area (Å²) in [7, 11) is 0. The predicted octanol–water partition coefficient (Wildman–Crippen LogP) is 3.26. The molecular weight excluding hydrogens is 331 g/mol. The number of rotatable bonds is 4. The van der Waals surface area contributed by atoms with Crippen LogP contribution in [0, 0.1) is 12.7 Å². The molecule has 1 aliphatic heterocycles. The van der Waals surface area contributed by atoms with E-state index in [1.54, 1.807) is 0 Å². The van der Waals surface area contributed by atoms with Gasteiger partial charge in [-0.1, -0.05) is 12.1 Å². The van der Waals surface area contributed by atoms with Gasteiger partial charge in [0.25, 0.3) is 5.91 Å². The fourth-order valence-electron chi connectivity index (χ4n) is 3.31. The molecule has 0 spiro atoms. The van der Waals surface area contributed by atoms with E-state index in [1.165, 1.54) is 12.1 Å². The van der Waals surface area contributed by atoms with Crippen LogP contribution >= 0.6 is 0 Å². The number of hydrogen-bond acceptors (Lipinski definition) is 3. The van der Waals surface area contributed by atoms with Gasteiger partial charge in [0.05, 0.1) is 11.3 Å². The minimum Gasteiger partial charge on any atom is -0.337 e. The molecule has 0 aliphatic carbocycles. The van der Waals surface area contributed by atoms with Gasteiger partial charge in [-0.15, -0.1) is 0 Å². The zero-order valence-electron chi connectivity index (χ0n) is 15.8. The second kappa shape index (κ2) is 7.99. The Morgan fingerprint density at radius 3 is 2.54 bits per heavy atom. The molecular formula is C20H27FN4O. The Hall–Kier alpha value is -2.21. The van der Waals surface area contributed by atoms with Crippen molar-refractivity contribution >= 4 is 5.91 Å². The highest BCUT2D eigenvalue weighted by atomic mass is 19.1. The minimum absolute atomic E-state index is 0.0676. The van der Waals surface area contributed by atoms with E-state index >= 15 is 0 Å². The number of aromatic nitrogens is 2. The molecule has 2 heterocycles. The summed E-state index contributed by atoms with van der Waals surface area (Å²) >= 11 is 0. The van der Waals surface area contributed by atoms with Crippen molar-refractivity contribution in [1.82, 2.24) is 19.6 Å². The fraction of sp³-hybridized carbons (Fsp3) is 0.500. The van der Waals surface area contributed by atoms with Crippen molar-refractivity contribution in [3.63, 3.8) is 0 Å². The smallest absolute Gasteiger partial charge is 0.257 e. The standard InChI is InChI=1S/C20H27FN4O/c1-15(2)25-14-19(16(3)22-25)20(26)24-10-4-9-23(11-12-24)13-17-5-7-18(21)8-6-17/h5-8,14-15H,4,9-13H2,1-3H3. The topological polar surface area (TPSA) is 41.4 Å². The molecule has 1 amide bonds. The maximum Gasteiger partial charge on any atom is 0.257 e. The van der Waals surface area contributed by atoms with E-state index in [9.17, 15) is 9.18 Å². The van der Waals surface area contributed by atoms with Gasteiger partial charge in [0.2, 0.25) is 0 Å². The molecule has 1 saturated heterocycles. The number of halogens is 1. The summed E-state index contributed by atoms with van der Waals surface area (Å²) in [4.78, 5) is 17.2. The van der Waals surface area contributed by atoms with E-state index in [4.69, 9.17) is 0 Å². The summed E-state index contributed by atoms with van der Waals surface area (Å²) < 4.78 is 14.9. The molecule has 0 atom stereocenters. The third-order valence-electron chi connectivity index (χ3n) is 4.87. The first-order valence-corrected chi connectivity index (χ1v) is 9.26. The molecule has 3 rings (SSSR count). The third kappa shape index (κ3) is 4.30. The van der Waals surface area contributed by atoms with E-state index in [1.807, 2.05) is 34.8 Å². The molecule has 0 N–H and O–H groups in total. The van der Waals surface area contributed by atoms with Crippen molar-refractivity contribution in [3.8, 4) is 0 Å². The molecule has 1 fully saturated rings. The summed E-state index contributed by atoms with van der Waals surface area (Å²) in [6, 6.07) is 6.89. The summed E-state index contributed by atoms with van der Waals surface area (Å²) in [5, 5.41) is 4.46. The number of carbonyl (C=O) groups excluding carboxylic acids is 1. The van der Waals surface area contributed by atoms with E-state index < -0.39 is 0 Å². The van der Waals surface area contributed by atoms with E-state index in [-0.39, 0.29) is 17.8 Å². The number of aryl methyl sites for hydroxylation is 1. The van der Waals surface area contributed by atoms with Gasteiger partial charge >= 0.3 is 0 Å². The van der Waals surface area contributed by atoms with Crippen LogP contribution < -0.4 is 0 Å². The molecule has 5 nitrogen and oxygen atoms in total. The van der Waals surface area contributed by atoms with Gasteiger partial charge in [0.15, 0.2) is 0 Å². The summed E-state index contributed by atoms with van der Waals surface area (Å²) in [5.74, 6) is -0.142. The van der Waals surface area contributed by atoms with E-state index in [0.29, 0.717) is 12.1 Å². The van der Waals surface area contributed by atoms with Crippen LogP contribution in [0.4, 0.5) is 4.39 Å². The molecule has 0 radical (unpaired) electrons. The number of nitrogens with zero attached hydrogens (tertiary/aromatic N) is 4. The second-order valence-electron chi connectivity index (χ2n) is 7.25. The molecule has 2 aromatic rings. The quantitative estimate of drug-likeness (QED) is 0.842. The van der Waals surface area contributed by atoms with Crippen molar-refractivity contribution in [2.45, 2.75) is 39.8 Å². The Balaban J connectivity index is 1.62. The number of hydrogen-bond donors (Lipinski definition) is 0. The molecule has 1 aromatic carbocycles. The Morgan fingerprint density at radius 1 is 1.15 bits per heavy atom. The summed E-state index contributed by atoms with van der Waals surface area (Å²) in [6.07, 6.45) is 2.80. The zero-order valence-corrected chi connectivity index (χ0v) is 15.8. The Bertz CT molecular complexity index is 754. The maximum absolute atomic E-state index is 13.1. The van der Waals surface area contributed by atoms with Crippen LogP contribution in [0.15, 0.2) is 30.5 Å². The van der Waals surface area contributed by atoms with Crippen molar-refractivity contribution < 1.29 is 9.18 Å². The Kier molecular flexibility index (Phi) is 5.71. The highest BCUT2D eigenvalue weighted by molar-refractivity contribution is 5.95. The first kappa shape index (κ1) is 18.6. The number of benzene rings is 1. The Morgan fingerprint density at radius 2 is 1.88 bits per heavy atom.